The number of allylic oxidation sites excluding steroid dienone is 1. The highest BCUT2D eigenvalue weighted by Crippen LogP contribution is 2.46. The fourth-order valence-corrected chi connectivity index (χ4v) is 4.07. The molecule has 1 unspecified atom stereocenters. The Balaban J connectivity index is 0.000000665. The van der Waals surface area contributed by atoms with Gasteiger partial charge in [0, 0.05) is 37.3 Å². The van der Waals surface area contributed by atoms with Gasteiger partial charge in [-0.2, -0.15) is 0 Å². The molecule has 3 heterocycles. The summed E-state index contributed by atoms with van der Waals surface area (Å²) in [7, 11) is 1.42. The lowest BCUT2D eigenvalue weighted by atomic mass is 9.65. The molecule has 152 valence electrons. The van der Waals surface area contributed by atoms with Crippen LogP contribution in [0.2, 0.25) is 0 Å². The number of pyridine rings is 1. The Hall–Kier alpha value is -1.40. The third-order valence-corrected chi connectivity index (χ3v) is 5.35. The fraction of sp³-hybridized carbons (Fsp3) is 0.619. The topological polar surface area (TPSA) is 57.5 Å². The Morgan fingerprint density at radius 2 is 1.89 bits per heavy atom. The Morgan fingerprint density at radius 1 is 1.33 bits per heavy atom. The van der Waals surface area contributed by atoms with Gasteiger partial charge in [-0.1, -0.05) is 40.2 Å². The van der Waals surface area contributed by atoms with Crippen molar-refractivity contribution in [2.75, 3.05) is 20.3 Å². The zero-order valence-electron chi connectivity index (χ0n) is 17.1. The average Bonchev–Trinajstić information content (AvgIpc) is 2.67. The van der Waals surface area contributed by atoms with Crippen LogP contribution in [-0.2, 0) is 11.3 Å². The van der Waals surface area contributed by atoms with E-state index in [1.807, 2.05) is 18.4 Å². The van der Waals surface area contributed by atoms with Crippen molar-refractivity contribution in [2.24, 2.45) is 11.3 Å². The van der Waals surface area contributed by atoms with Crippen LogP contribution in [0.1, 0.15) is 57.4 Å². The number of nitrogens with zero attached hydrogens (tertiary/aromatic N) is 1. The third-order valence-electron chi connectivity index (χ3n) is 4.78. The van der Waals surface area contributed by atoms with Crippen LogP contribution >= 0.6 is 15.9 Å². The summed E-state index contributed by atoms with van der Waals surface area (Å²) in [5.41, 5.74) is -0.144. The van der Waals surface area contributed by atoms with E-state index in [1.165, 1.54) is 13.5 Å². The SMILES string of the molecule is C=CC1C(=O)c2c(OC)c(=O)c(Br)cn2CC12CCOCC2.CC.CCC. The third kappa shape index (κ3) is 4.72. The Bertz CT molecular complexity index is 705. The predicted octanol–water partition coefficient (Wildman–Crippen LogP) is 4.86. The second-order valence-electron chi connectivity index (χ2n) is 6.58. The van der Waals surface area contributed by atoms with Gasteiger partial charge in [-0.25, -0.2) is 0 Å². The molecule has 1 fully saturated rings. The van der Waals surface area contributed by atoms with Gasteiger partial charge in [0.25, 0.3) is 0 Å². The van der Waals surface area contributed by atoms with Crippen molar-refractivity contribution < 1.29 is 14.3 Å². The van der Waals surface area contributed by atoms with E-state index in [4.69, 9.17) is 9.47 Å². The average molecular weight is 442 g/mol. The van der Waals surface area contributed by atoms with Gasteiger partial charge in [0.05, 0.1) is 11.6 Å². The minimum absolute atomic E-state index is 0.0930. The van der Waals surface area contributed by atoms with E-state index < -0.39 is 0 Å². The first kappa shape index (κ1) is 23.6. The second-order valence-corrected chi connectivity index (χ2v) is 7.43. The minimum Gasteiger partial charge on any atom is -0.491 e. The van der Waals surface area contributed by atoms with Crippen molar-refractivity contribution in [1.82, 2.24) is 4.57 Å². The lowest BCUT2D eigenvalue weighted by Gasteiger charge is -2.45. The van der Waals surface area contributed by atoms with E-state index in [0.717, 1.165) is 12.8 Å². The molecule has 2 aliphatic heterocycles. The molecule has 0 aliphatic carbocycles. The molecule has 3 rings (SSSR count). The number of methoxy groups -OCH3 is 1. The summed E-state index contributed by atoms with van der Waals surface area (Å²) in [5, 5.41) is 0. The molecule has 0 amide bonds. The minimum atomic E-state index is -0.314. The number of hydrogen-bond acceptors (Lipinski definition) is 4. The van der Waals surface area contributed by atoms with Gasteiger partial charge >= 0.3 is 0 Å². The summed E-state index contributed by atoms with van der Waals surface area (Å²) < 4.78 is 12.9. The van der Waals surface area contributed by atoms with Crippen molar-refractivity contribution in [2.45, 2.75) is 53.5 Å². The number of fused-ring (bicyclic) bond motifs is 1. The van der Waals surface area contributed by atoms with Crippen LogP contribution in [0.25, 0.3) is 0 Å². The van der Waals surface area contributed by atoms with Gasteiger partial charge in [0.2, 0.25) is 5.43 Å². The van der Waals surface area contributed by atoms with E-state index in [1.54, 1.807) is 12.3 Å². The lowest BCUT2D eigenvalue weighted by Crippen LogP contribution is -2.48. The van der Waals surface area contributed by atoms with E-state index in [2.05, 4.69) is 36.4 Å². The number of rotatable bonds is 2. The van der Waals surface area contributed by atoms with Gasteiger partial charge in [-0.3, -0.25) is 9.59 Å². The number of hydrogen-bond donors (Lipinski definition) is 0. The Kier molecular flexibility index (Phi) is 9.47. The normalized spacial score (nSPS) is 19.8. The number of carbonyl (C=O) groups excluding carboxylic acids is 1. The molecule has 1 atom stereocenters. The highest BCUT2D eigenvalue weighted by molar-refractivity contribution is 9.10. The van der Waals surface area contributed by atoms with Crippen LogP contribution in [0.15, 0.2) is 28.1 Å². The van der Waals surface area contributed by atoms with Crippen molar-refractivity contribution >= 4 is 21.7 Å². The van der Waals surface area contributed by atoms with Crippen LogP contribution in [0.3, 0.4) is 0 Å². The summed E-state index contributed by atoms with van der Waals surface area (Å²) in [6.07, 6.45) is 6.26. The van der Waals surface area contributed by atoms with Crippen molar-refractivity contribution in [3.05, 3.63) is 39.2 Å². The summed E-state index contributed by atoms with van der Waals surface area (Å²) in [5.74, 6) is -0.302. The Labute approximate surface area is 170 Å². The van der Waals surface area contributed by atoms with Gasteiger partial charge in [0.1, 0.15) is 5.69 Å². The van der Waals surface area contributed by atoms with Crippen LogP contribution in [0, 0.1) is 11.3 Å². The van der Waals surface area contributed by atoms with E-state index in [9.17, 15) is 9.59 Å². The predicted molar refractivity (Wildman–Crippen MR) is 113 cm³/mol. The molecule has 27 heavy (non-hydrogen) atoms. The van der Waals surface area contributed by atoms with Crippen LogP contribution in [0.4, 0.5) is 0 Å². The van der Waals surface area contributed by atoms with Gasteiger partial charge in [0.15, 0.2) is 11.5 Å². The molecule has 1 aromatic rings. The van der Waals surface area contributed by atoms with E-state index in [0.29, 0.717) is 29.9 Å². The number of carbonyl (C=O) groups is 1. The second kappa shape index (κ2) is 10.8. The number of ether oxygens (including phenoxy) is 2. The molecule has 6 heteroatoms. The maximum Gasteiger partial charge on any atom is 0.238 e. The molecule has 0 N–H and O–H groups in total. The molecule has 1 saturated heterocycles. The van der Waals surface area contributed by atoms with Crippen LogP contribution in [-0.4, -0.2) is 30.7 Å². The van der Waals surface area contributed by atoms with Crippen LogP contribution < -0.4 is 10.2 Å². The summed E-state index contributed by atoms with van der Waals surface area (Å²) in [4.78, 5) is 25.2. The maximum atomic E-state index is 13.0. The van der Waals surface area contributed by atoms with Crippen molar-refractivity contribution in [3.63, 3.8) is 0 Å². The summed E-state index contributed by atoms with van der Waals surface area (Å²) >= 11 is 3.26. The zero-order valence-corrected chi connectivity index (χ0v) is 18.7. The highest BCUT2D eigenvalue weighted by atomic mass is 79.9. The monoisotopic (exact) mass is 441 g/mol. The molecule has 0 aromatic carbocycles. The molecule has 1 aromatic heterocycles. The van der Waals surface area contributed by atoms with Crippen molar-refractivity contribution in [1.29, 1.82) is 0 Å². The first-order valence-electron chi connectivity index (χ1n) is 9.67. The Morgan fingerprint density at radius 3 is 2.37 bits per heavy atom. The molecule has 5 nitrogen and oxygen atoms in total. The van der Waals surface area contributed by atoms with Gasteiger partial charge in [-0.15, -0.1) is 6.58 Å². The number of aromatic nitrogens is 1. The first-order chi connectivity index (χ1) is 13.0. The molecule has 1 spiro atoms. The largest absolute Gasteiger partial charge is 0.491 e. The van der Waals surface area contributed by atoms with E-state index in [-0.39, 0.29) is 28.3 Å². The highest BCUT2D eigenvalue weighted by Gasteiger charge is 2.48. The molecule has 0 bridgehead atoms. The maximum absolute atomic E-state index is 13.0. The molecule has 0 saturated carbocycles. The first-order valence-corrected chi connectivity index (χ1v) is 10.5. The number of Topliss-reactive ketones (excluding diaryl/α,β-unsaturated/α-hetero) is 1. The van der Waals surface area contributed by atoms with Crippen LogP contribution in [0.5, 0.6) is 5.75 Å². The number of halogens is 1. The molecular weight excluding hydrogens is 410 g/mol. The lowest BCUT2D eigenvalue weighted by molar-refractivity contribution is -0.0191. The standard InChI is InChI=1S/C16H18BrNO4.C3H8.C2H6/c1-3-10-13(19)12-15(21-2)14(20)11(17)8-18(12)9-16(10)4-6-22-7-5-16;1-3-2;1-2/h3,8,10H,1,4-7,9H2,2H3;3H2,1-2H3;1-2H3. The van der Waals surface area contributed by atoms with Crippen molar-refractivity contribution in [3.8, 4) is 5.75 Å². The fourth-order valence-electron chi connectivity index (χ4n) is 3.64. The molecule has 0 radical (unpaired) electrons. The van der Waals surface area contributed by atoms with E-state index >= 15 is 0 Å². The van der Waals surface area contributed by atoms with Gasteiger partial charge < -0.3 is 14.0 Å². The number of ketones is 1. The summed E-state index contributed by atoms with van der Waals surface area (Å²) in [6, 6.07) is 0. The summed E-state index contributed by atoms with van der Waals surface area (Å²) in [6.45, 7) is 14.0. The zero-order chi connectivity index (χ0) is 20.6. The quantitative estimate of drug-likeness (QED) is 0.614. The van der Waals surface area contributed by atoms with Gasteiger partial charge in [-0.05, 0) is 28.8 Å². The molecular formula is C21H32BrNO4. The smallest absolute Gasteiger partial charge is 0.238 e. The molecule has 2 aliphatic rings.